The maximum Gasteiger partial charge on any atom is 0.278 e. The third kappa shape index (κ3) is 4.89. The van der Waals surface area contributed by atoms with Gasteiger partial charge in [-0.2, -0.15) is 10.1 Å². The largest absolute Gasteiger partial charge is 0.484 e. The van der Waals surface area contributed by atoms with Gasteiger partial charge in [0.1, 0.15) is 11.5 Å². The molecule has 32 heavy (non-hydrogen) atoms. The third-order valence-electron chi connectivity index (χ3n) is 4.55. The second-order valence-corrected chi connectivity index (χ2v) is 7.47. The highest BCUT2D eigenvalue weighted by molar-refractivity contribution is 6.32. The lowest BCUT2D eigenvalue weighted by Crippen LogP contribution is -2.19. The van der Waals surface area contributed by atoms with E-state index in [1.54, 1.807) is 41.2 Å². The first-order valence-electron chi connectivity index (χ1n) is 9.67. The Labute approximate surface area is 188 Å². The number of halogens is 1. The van der Waals surface area contributed by atoms with Gasteiger partial charge in [-0.15, -0.1) is 0 Å². The van der Waals surface area contributed by atoms with Crippen LogP contribution in [0.25, 0.3) is 23.0 Å². The Bertz CT molecular complexity index is 1230. The molecule has 2 N–H and O–H groups in total. The van der Waals surface area contributed by atoms with E-state index in [0.717, 1.165) is 21.7 Å². The molecule has 0 atom stereocenters. The van der Waals surface area contributed by atoms with Crippen molar-refractivity contribution in [2.45, 2.75) is 20.6 Å². The summed E-state index contributed by atoms with van der Waals surface area (Å²) in [5.74, 6) is 1.37. The predicted molar refractivity (Wildman–Crippen MR) is 117 cm³/mol. The number of benzene rings is 2. The Hall–Kier alpha value is -3.85. The molecule has 0 unspecified atom stereocenters. The second kappa shape index (κ2) is 9.11. The summed E-state index contributed by atoms with van der Waals surface area (Å²) >= 11 is 6.20. The molecule has 9 nitrogen and oxygen atoms in total. The average Bonchev–Trinajstić information content (AvgIpc) is 3.44. The van der Waals surface area contributed by atoms with Gasteiger partial charge in [0.15, 0.2) is 19.0 Å². The molecule has 4 rings (SSSR count). The zero-order valence-electron chi connectivity index (χ0n) is 17.4. The van der Waals surface area contributed by atoms with Crippen LogP contribution in [0.1, 0.15) is 11.1 Å². The number of carbonyl (C=O) groups is 1. The fourth-order valence-electron chi connectivity index (χ4n) is 2.98. The molecule has 2 aromatic carbocycles. The maximum absolute atomic E-state index is 10.8. The molecule has 0 aliphatic heterocycles. The molecule has 0 saturated heterocycles. The van der Waals surface area contributed by atoms with Crippen molar-refractivity contribution in [3.8, 4) is 34.5 Å². The number of ether oxygens (including phenoxy) is 2. The predicted octanol–water partition coefficient (Wildman–Crippen LogP) is 3.77. The number of hydrogen-bond acceptors (Lipinski definition) is 7. The lowest BCUT2D eigenvalue weighted by Gasteiger charge is -2.09. The molecule has 164 valence electrons. The van der Waals surface area contributed by atoms with Crippen molar-refractivity contribution in [3.63, 3.8) is 0 Å². The number of amides is 1. The molecule has 0 aliphatic rings. The Morgan fingerprint density at radius 3 is 2.50 bits per heavy atom. The summed E-state index contributed by atoms with van der Waals surface area (Å²) < 4.78 is 18.0. The number of hydrogen-bond donors (Lipinski definition) is 1. The Morgan fingerprint density at radius 1 is 1.09 bits per heavy atom. The molecule has 0 radical (unpaired) electrons. The van der Waals surface area contributed by atoms with Gasteiger partial charge >= 0.3 is 0 Å². The number of aryl methyl sites for hydroxylation is 2. The van der Waals surface area contributed by atoms with Crippen molar-refractivity contribution in [2.24, 2.45) is 5.73 Å². The summed E-state index contributed by atoms with van der Waals surface area (Å²) in [6.45, 7) is 3.90. The minimum atomic E-state index is -0.542. The van der Waals surface area contributed by atoms with Crippen LogP contribution in [0, 0.1) is 13.8 Å². The SMILES string of the molecule is Cc1cc(OCn2ccc(-c3nc(-c4ccc(OCC(N)=O)cc4)no3)n2)cc(C)c1Cl. The van der Waals surface area contributed by atoms with Crippen LogP contribution < -0.4 is 15.2 Å². The molecule has 0 bridgehead atoms. The number of rotatable bonds is 8. The highest BCUT2D eigenvalue weighted by Crippen LogP contribution is 2.26. The van der Waals surface area contributed by atoms with Crippen molar-refractivity contribution in [1.29, 1.82) is 0 Å². The summed E-state index contributed by atoms with van der Waals surface area (Å²) in [5, 5.41) is 9.16. The van der Waals surface area contributed by atoms with Crippen LogP contribution >= 0.6 is 11.6 Å². The van der Waals surface area contributed by atoms with Gasteiger partial charge in [-0.25, -0.2) is 4.68 Å². The van der Waals surface area contributed by atoms with E-state index in [0.29, 0.717) is 23.0 Å². The molecule has 0 saturated carbocycles. The molecule has 2 aromatic heterocycles. The van der Waals surface area contributed by atoms with Gasteiger partial charge in [-0.3, -0.25) is 4.79 Å². The summed E-state index contributed by atoms with van der Waals surface area (Å²) in [6.07, 6.45) is 1.76. The Balaban J connectivity index is 1.41. The van der Waals surface area contributed by atoms with Crippen molar-refractivity contribution in [3.05, 3.63) is 64.8 Å². The Morgan fingerprint density at radius 2 is 1.81 bits per heavy atom. The smallest absolute Gasteiger partial charge is 0.278 e. The number of carbonyl (C=O) groups excluding carboxylic acids is 1. The van der Waals surface area contributed by atoms with Crippen molar-refractivity contribution < 1.29 is 18.8 Å². The quantitative estimate of drug-likeness (QED) is 0.431. The molecule has 0 aliphatic carbocycles. The van der Waals surface area contributed by atoms with Crippen LogP contribution in [0.3, 0.4) is 0 Å². The molecular formula is C22H20ClN5O4. The first kappa shape index (κ1) is 21.4. The van der Waals surface area contributed by atoms with Gasteiger partial charge in [0, 0.05) is 16.8 Å². The number of nitrogens with two attached hydrogens (primary N) is 1. The zero-order chi connectivity index (χ0) is 22.7. The number of aromatic nitrogens is 4. The van der Waals surface area contributed by atoms with Crippen molar-refractivity contribution >= 4 is 17.5 Å². The maximum atomic E-state index is 10.8. The lowest BCUT2D eigenvalue weighted by atomic mass is 10.1. The van der Waals surface area contributed by atoms with Crippen LogP contribution in [0.4, 0.5) is 0 Å². The monoisotopic (exact) mass is 453 g/mol. The fourth-order valence-corrected chi connectivity index (χ4v) is 3.09. The van der Waals surface area contributed by atoms with E-state index < -0.39 is 5.91 Å². The molecule has 0 spiro atoms. The standard InChI is InChI=1S/C22H20ClN5O4/c1-13-9-17(10-14(2)20(13)23)31-12-28-8-7-18(26-28)22-25-21(27-32-22)15-3-5-16(6-4-15)30-11-19(24)29/h3-10H,11-12H2,1-2H3,(H2,24,29). The highest BCUT2D eigenvalue weighted by atomic mass is 35.5. The molecule has 2 heterocycles. The molecular weight excluding hydrogens is 434 g/mol. The van der Waals surface area contributed by atoms with E-state index in [1.807, 2.05) is 26.0 Å². The van der Waals surface area contributed by atoms with Gasteiger partial charge in [0.25, 0.3) is 11.8 Å². The number of primary amides is 1. The van der Waals surface area contributed by atoms with E-state index >= 15 is 0 Å². The van der Waals surface area contributed by atoms with Gasteiger partial charge in [-0.1, -0.05) is 16.8 Å². The first-order chi connectivity index (χ1) is 15.4. The third-order valence-corrected chi connectivity index (χ3v) is 5.15. The summed E-state index contributed by atoms with van der Waals surface area (Å²) in [6, 6.07) is 12.4. The topological polar surface area (TPSA) is 118 Å². The Kier molecular flexibility index (Phi) is 6.09. The van der Waals surface area contributed by atoms with E-state index in [4.69, 9.17) is 31.3 Å². The molecule has 4 aromatic rings. The van der Waals surface area contributed by atoms with Crippen molar-refractivity contribution in [1.82, 2.24) is 19.9 Å². The minimum Gasteiger partial charge on any atom is -0.484 e. The van der Waals surface area contributed by atoms with Gasteiger partial charge in [0.05, 0.1) is 0 Å². The zero-order valence-corrected chi connectivity index (χ0v) is 18.2. The summed E-state index contributed by atoms with van der Waals surface area (Å²) in [4.78, 5) is 15.2. The number of nitrogens with zero attached hydrogens (tertiary/aromatic N) is 4. The molecule has 0 fully saturated rings. The van der Waals surface area contributed by atoms with Crippen LogP contribution in [0.15, 0.2) is 53.2 Å². The van der Waals surface area contributed by atoms with Crippen LogP contribution in [0.5, 0.6) is 11.5 Å². The normalized spacial score (nSPS) is 10.8. The van der Waals surface area contributed by atoms with Gasteiger partial charge in [-0.05, 0) is 67.4 Å². The van der Waals surface area contributed by atoms with Crippen LogP contribution in [-0.2, 0) is 11.5 Å². The second-order valence-electron chi connectivity index (χ2n) is 7.09. The highest BCUT2D eigenvalue weighted by Gasteiger charge is 2.14. The minimum absolute atomic E-state index is 0.185. The van der Waals surface area contributed by atoms with E-state index in [2.05, 4.69) is 15.2 Å². The van der Waals surface area contributed by atoms with E-state index in [1.165, 1.54) is 0 Å². The average molecular weight is 454 g/mol. The van der Waals surface area contributed by atoms with E-state index in [9.17, 15) is 4.79 Å². The van der Waals surface area contributed by atoms with Crippen LogP contribution in [-0.4, -0.2) is 32.4 Å². The first-order valence-corrected chi connectivity index (χ1v) is 10.1. The fraction of sp³-hybridized carbons (Fsp3) is 0.182. The van der Waals surface area contributed by atoms with Crippen LogP contribution in [0.2, 0.25) is 5.02 Å². The summed E-state index contributed by atoms with van der Waals surface area (Å²) in [5.41, 5.74) is 8.22. The molecule has 10 heteroatoms. The molecule has 1 amide bonds. The van der Waals surface area contributed by atoms with E-state index in [-0.39, 0.29) is 19.2 Å². The lowest BCUT2D eigenvalue weighted by molar-refractivity contribution is -0.119. The van der Waals surface area contributed by atoms with Gasteiger partial charge in [0.2, 0.25) is 5.82 Å². The van der Waals surface area contributed by atoms with Gasteiger partial charge < -0.3 is 19.7 Å². The summed E-state index contributed by atoms with van der Waals surface area (Å²) in [7, 11) is 0. The van der Waals surface area contributed by atoms with Crippen molar-refractivity contribution in [2.75, 3.05) is 6.61 Å².